The summed E-state index contributed by atoms with van der Waals surface area (Å²) in [5, 5.41) is 2.39. The third-order valence-corrected chi connectivity index (χ3v) is 1.72. The molecule has 0 aromatic carbocycles. The number of Topliss-reactive ketones (excluding diaryl/α,β-unsaturated/α-hetero) is 1. The van der Waals surface area contributed by atoms with Gasteiger partial charge in [0.2, 0.25) is 0 Å². The van der Waals surface area contributed by atoms with Gasteiger partial charge in [0.15, 0.2) is 0 Å². The number of pyridine rings is 1. The van der Waals surface area contributed by atoms with E-state index >= 15 is 0 Å². The Hall–Kier alpha value is -1.71. The van der Waals surface area contributed by atoms with Crippen LogP contribution in [0, 0.1) is 6.92 Å². The number of amides is 1. The predicted molar refractivity (Wildman–Crippen MR) is 41.9 cm³/mol. The van der Waals surface area contributed by atoms with E-state index in [0.29, 0.717) is 11.4 Å². The molecular formula is C8H6N2O2. The number of fused-ring (bicyclic) bond motifs is 1. The maximum absolute atomic E-state index is 11.1. The van der Waals surface area contributed by atoms with E-state index < -0.39 is 11.7 Å². The topological polar surface area (TPSA) is 59.1 Å². The summed E-state index contributed by atoms with van der Waals surface area (Å²) in [4.78, 5) is 25.9. The van der Waals surface area contributed by atoms with Gasteiger partial charge in [0, 0.05) is 5.69 Å². The average molecular weight is 162 g/mol. The highest BCUT2D eigenvalue weighted by molar-refractivity contribution is 6.51. The van der Waals surface area contributed by atoms with E-state index in [0.717, 1.165) is 5.69 Å². The molecule has 0 atom stereocenters. The number of rotatable bonds is 0. The number of ketones is 1. The lowest BCUT2D eigenvalue weighted by molar-refractivity contribution is -0.112. The van der Waals surface area contributed by atoms with Crippen LogP contribution in [0.3, 0.4) is 0 Å². The monoisotopic (exact) mass is 162 g/mol. The lowest BCUT2D eigenvalue weighted by Gasteiger charge is -1.95. The fourth-order valence-corrected chi connectivity index (χ4v) is 1.12. The SMILES string of the molecule is Cc1ccc2c(n1)NC(=O)C2=O. The number of hydrogen-bond donors (Lipinski definition) is 1. The molecule has 0 radical (unpaired) electrons. The first-order chi connectivity index (χ1) is 5.68. The molecule has 12 heavy (non-hydrogen) atoms. The second-order valence-electron chi connectivity index (χ2n) is 2.63. The van der Waals surface area contributed by atoms with E-state index in [9.17, 15) is 9.59 Å². The number of aromatic nitrogens is 1. The third-order valence-electron chi connectivity index (χ3n) is 1.72. The number of carbonyl (C=O) groups excluding carboxylic acids is 2. The molecule has 2 heterocycles. The zero-order valence-corrected chi connectivity index (χ0v) is 6.42. The van der Waals surface area contributed by atoms with Crippen LogP contribution in [0.25, 0.3) is 0 Å². The summed E-state index contributed by atoms with van der Waals surface area (Å²) in [6, 6.07) is 3.31. The maximum atomic E-state index is 11.1. The molecule has 1 aromatic heterocycles. The summed E-state index contributed by atoms with van der Waals surface area (Å²) in [5.41, 5.74) is 1.15. The van der Waals surface area contributed by atoms with Gasteiger partial charge < -0.3 is 5.32 Å². The molecule has 0 spiro atoms. The summed E-state index contributed by atoms with van der Waals surface area (Å²) < 4.78 is 0. The summed E-state index contributed by atoms with van der Waals surface area (Å²) in [6.45, 7) is 1.80. The number of carbonyl (C=O) groups is 2. The first-order valence-corrected chi connectivity index (χ1v) is 3.52. The summed E-state index contributed by atoms with van der Waals surface area (Å²) in [5.74, 6) is -0.717. The minimum absolute atomic E-state index is 0.366. The van der Waals surface area contributed by atoms with Gasteiger partial charge in [-0.15, -0.1) is 0 Å². The zero-order valence-electron chi connectivity index (χ0n) is 6.42. The molecule has 0 bridgehead atoms. The Balaban J connectivity index is 2.62. The Morgan fingerprint density at radius 1 is 1.33 bits per heavy atom. The Morgan fingerprint density at radius 2 is 2.08 bits per heavy atom. The lowest BCUT2D eigenvalue weighted by Crippen LogP contribution is -2.12. The van der Waals surface area contributed by atoms with Gasteiger partial charge in [-0.1, -0.05) is 0 Å². The second kappa shape index (κ2) is 2.14. The van der Waals surface area contributed by atoms with Crippen LogP contribution < -0.4 is 5.32 Å². The summed E-state index contributed by atoms with van der Waals surface area (Å²) in [7, 11) is 0. The molecule has 1 aliphatic rings. The van der Waals surface area contributed by atoms with Gasteiger partial charge in [-0.25, -0.2) is 4.98 Å². The maximum Gasteiger partial charge on any atom is 0.298 e. The van der Waals surface area contributed by atoms with Crippen molar-refractivity contribution in [2.45, 2.75) is 6.92 Å². The van der Waals surface area contributed by atoms with E-state index in [1.54, 1.807) is 19.1 Å². The van der Waals surface area contributed by atoms with Gasteiger partial charge in [-0.3, -0.25) is 9.59 Å². The molecule has 0 aliphatic carbocycles. The summed E-state index contributed by atoms with van der Waals surface area (Å²) >= 11 is 0. The number of nitrogens with zero attached hydrogens (tertiary/aromatic N) is 1. The minimum Gasteiger partial charge on any atom is -0.303 e. The zero-order chi connectivity index (χ0) is 8.72. The predicted octanol–water partition coefficient (Wildman–Crippen LogP) is 0.525. The van der Waals surface area contributed by atoms with Crippen LogP contribution in [0.5, 0.6) is 0 Å². The van der Waals surface area contributed by atoms with Gasteiger partial charge in [-0.2, -0.15) is 0 Å². The normalized spacial score (nSPS) is 14.4. The largest absolute Gasteiger partial charge is 0.303 e. The van der Waals surface area contributed by atoms with E-state index in [4.69, 9.17) is 0 Å². The van der Waals surface area contributed by atoms with Crippen molar-refractivity contribution in [3.05, 3.63) is 23.4 Å². The Labute approximate surface area is 68.6 Å². The van der Waals surface area contributed by atoms with Crippen molar-refractivity contribution in [3.63, 3.8) is 0 Å². The van der Waals surface area contributed by atoms with Gasteiger partial charge in [0.05, 0.1) is 5.56 Å². The highest BCUT2D eigenvalue weighted by Gasteiger charge is 2.28. The molecule has 1 N–H and O–H groups in total. The quantitative estimate of drug-likeness (QED) is 0.566. The minimum atomic E-state index is -0.594. The van der Waals surface area contributed by atoms with E-state index in [1.165, 1.54) is 0 Å². The summed E-state index contributed by atoms with van der Waals surface area (Å²) in [6.07, 6.45) is 0. The van der Waals surface area contributed by atoms with Crippen LogP contribution in [0.1, 0.15) is 16.1 Å². The fraction of sp³-hybridized carbons (Fsp3) is 0.125. The van der Waals surface area contributed by atoms with Crippen LogP contribution in [0.2, 0.25) is 0 Å². The van der Waals surface area contributed by atoms with E-state index in [2.05, 4.69) is 10.3 Å². The number of nitrogens with one attached hydrogen (secondary N) is 1. The van der Waals surface area contributed by atoms with E-state index in [1.807, 2.05) is 0 Å². The highest BCUT2D eigenvalue weighted by atomic mass is 16.2. The van der Waals surface area contributed by atoms with Crippen molar-refractivity contribution in [2.75, 3.05) is 5.32 Å². The Morgan fingerprint density at radius 3 is 2.83 bits per heavy atom. The van der Waals surface area contributed by atoms with Crippen molar-refractivity contribution in [2.24, 2.45) is 0 Å². The molecule has 0 unspecified atom stereocenters. The molecule has 1 aliphatic heterocycles. The van der Waals surface area contributed by atoms with Crippen molar-refractivity contribution in [3.8, 4) is 0 Å². The van der Waals surface area contributed by atoms with Crippen molar-refractivity contribution in [1.82, 2.24) is 4.98 Å². The molecule has 1 amide bonds. The first-order valence-electron chi connectivity index (χ1n) is 3.52. The number of aryl methyl sites for hydroxylation is 1. The lowest BCUT2D eigenvalue weighted by atomic mass is 10.2. The van der Waals surface area contributed by atoms with Crippen LogP contribution in [-0.4, -0.2) is 16.7 Å². The molecule has 0 saturated heterocycles. The van der Waals surface area contributed by atoms with Gasteiger partial charge in [-0.05, 0) is 19.1 Å². The van der Waals surface area contributed by atoms with Crippen LogP contribution in [-0.2, 0) is 4.79 Å². The van der Waals surface area contributed by atoms with Gasteiger partial charge >= 0.3 is 0 Å². The molecular weight excluding hydrogens is 156 g/mol. The molecule has 0 fully saturated rings. The van der Waals surface area contributed by atoms with Crippen LogP contribution in [0.4, 0.5) is 5.82 Å². The van der Waals surface area contributed by atoms with Crippen molar-refractivity contribution in [1.29, 1.82) is 0 Å². The van der Waals surface area contributed by atoms with Crippen LogP contribution >= 0.6 is 0 Å². The molecule has 0 saturated carbocycles. The molecule has 4 heteroatoms. The number of anilines is 1. The average Bonchev–Trinajstić information content (AvgIpc) is 2.28. The highest BCUT2D eigenvalue weighted by Crippen LogP contribution is 2.19. The Bertz CT molecular complexity index is 385. The smallest absolute Gasteiger partial charge is 0.298 e. The van der Waals surface area contributed by atoms with Crippen molar-refractivity contribution >= 4 is 17.5 Å². The second-order valence-corrected chi connectivity index (χ2v) is 2.63. The van der Waals surface area contributed by atoms with Gasteiger partial charge in [0.25, 0.3) is 11.7 Å². The molecule has 4 nitrogen and oxygen atoms in total. The number of hydrogen-bond acceptors (Lipinski definition) is 3. The van der Waals surface area contributed by atoms with Crippen molar-refractivity contribution < 1.29 is 9.59 Å². The molecule has 60 valence electrons. The molecule has 1 aromatic rings. The third kappa shape index (κ3) is 0.812. The van der Waals surface area contributed by atoms with Gasteiger partial charge in [0.1, 0.15) is 5.82 Å². The van der Waals surface area contributed by atoms with E-state index in [-0.39, 0.29) is 0 Å². The standard InChI is InChI=1S/C8H6N2O2/c1-4-2-3-5-6(11)8(12)10-7(5)9-4/h2-3H,1H3,(H,9,10,11,12). The first kappa shape index (κ1) is 6.97. The molecule has 2 rings (SSSR count). The fourth-order valence-electron chi connectivity index (χ4n) is 1.12. The van der Waals surface area contributed by atoms with Crippen LogP contribution in [0.15, 0.2) is 12.1 Å². The Kier molecular flexibility index (Phi) is 1.24.